The monoisotopic (exact) mass is 314 g/mol. The summed E-state index contributed by atoms with van der Waals surface area (Å²) in [5.74, 6) is 0.823. The van der Waals surface area contributed by atoms with Crippen LogP contribution in [0.2, 0.25) is 0 Å². The van der Waals surface area contributed by atoms with E-state index >= 15 is 0 Å². The summed E-state index contributed by atoms with van der Waals surface area (Å²) >= 11 is 0. The molecule has 0 fully saturated rings. The summed E-state index contributed by atoms with van der Waals surface area (Å²) < 4.78 is 1.84. The van der Waals surface area contributed by atoms with Crippen molar-refractivity contribution in [1.82, 2.24) is 9.71 Å². The quantitative estimate of drug-likeness (QED) is 0.548. The van der Waals surface area contributed by atoms with Crippen LogP contribution in [0.1, 0.15) is 11.1 Å². The second-order valence-corrected chi connectivity index (χ2v) is 5.84. The number of fused-ring (bicyclic) bond motifs is 1. The molecule has 118 valence electrons. The van der Waals surface area contributed by atoms with E-state index in [-0.39, 0.29) is 0 Å². The molecule has 3 nitrogen and oxygen atoms in total. The summed E-state index contributed by atoms with van der Waals surface area (Å²) in [4.78, 5) is 10.9. The molecule has 0 spiro atoms. The van der Waals surface area contributed by atoms with Crippen molar-refractivity contribution in [3.05, 3.63) is 90.0 Å². The van der Waals surface area contributed by atoms with E-state index < -0.39 is 0 Å². The molecule has 24 heavy (non-hydrogen) atoms. The lowest BCUT2D eigenvalue weighted by atomic mass is 10.2. The Kier molecular flexibility index (Phi) is 3.75. The first kappa shape index (κ1) is 14.5. The maximum atomic E-state index is 6.12. The molecular weight excluding hydrogens is 296 g/mol. The third-order valence-electron chi connectivity index (χ3n) is 4.03. The van der Waals surface area contributed by atoms with Gasteiger partial charge in [-0.2, -0.15) is 4.73 Å². The van der Waals surface area contributed by atoms with Gasteiger partial charge in [0.1, 0.15) is 12.1 Å². The van der Waals surface area contributed by atoms with Crippen LogP contribution in [0.3, 0.4) is 0 Å². The van der Waals surface area contributed by atoms with Gasteiger partial charge in [-0.25, -0.2) is 4.98 Å². The molecule has 0 unspecified atom stereocenters. The number of imidazole rings is 1. The first-order valence-corrected chi connectivity index (χ1v) is 8.03. The number of hydrogen-bond donors (Lipinski definition) is 0. The van der Waals surface area contributed by atoms with E-state index in [2.05, 4.69) is 31.2 Å². The smallest absolute Gasteiger partial charge is 0.176 e. The van der Waals surface area contributed by atoms with E-state index in [0.29, 0.717) is 6.61 Å². The number of aromatic nitrogens is 2. The van der Waals surface area contributed by atoms with Gasteiger partial charge in [0.25, 0.3) is 0 Å². The van der Waals surface area contributed by atoms with Gasteiger partial charge in [-0.3, -0.25) is 0 Å². The normalized spacial score (nSPS) is 10.9. The Balaban J connectivity index is 1.74. The second kappa shape index (κ2) is 6.20. The topological polar surface area (TPSA) is 27.1 Å². The van der Waals surface area contributed by atoms with Gasteiger partial charge >= 0.3 is 0 Å². The molecule has 4 rings (SSSR count). The van der Waals surface area contributed by atoms with Crippen molar-refractivity contribution in [2.75, 3.05) is 0 Å². The molecule has 0 bridgehead atoms. The minimum absolute atomic E-state index is 0.500. The van der Waals surface area contributed by atoms with Crippen LogP contribution in [0.4, 0.5) is 0 Å². The predicted octanol–water partition coefficient (Wildman–Crippen LogP) is 4.64. The third-order valence-corrected chi connectivity index (χ3v) is 4.03. The molecule has 0 atom stereocenters. The zero-order valence-electron chi connectivity index (χ0n) is 13.5. The Bertz CT molecular complexity index is 956. The highest BCUT2D eigenvalue weighted by Crippen LogP contribution is 2.23. The van der Waals surface area contributed by atoms with Crippen LogP contribution < -0.4 is 4.84 Å². The third kappa shape index (κ3) is 2.76. The van der Waals surface area contributed by atoms with Crippen molar-refractivity contribution in [3.63, 3.8) is 0 Å². The Hall–Kier alpha value is -3.07. The Morgan fingerprint density at radius 2 is 1.54 bits per heavy atom. The molecule has 1 aromatic heterocycles. The van der Waals surface area contributed by atoms with Gasteiger partial charge in [0.2, 0.25) is 0 Å². The molecule has 3 aromatic carbocycles. The molecule has 0 saturated carbocycles. The standard InChI is InChI=1S/C21H18N2O/c1-16-11-13-17(14-12-16)15-24-23-20-10-6-5-9-19(20)22-21(23)18-7-3-2-4-8-18/h2-14H,15H2,1H3. The highest BCUT2D eigenvalue weighted by Gasteiger charge is 2.13. The number of benzene rings is 3. The number of aryl methyl sites for hydroxylation is 1. The average molecular weight is 314 g/mol. The van der Waals surface area contributed by atoms with Crippen LogP contribution in [-0.2, 0) is 6.61 Å². The fourth-order valence-corrected chi connectivity index (χ4v) is 2.73. The van der Waals surface area contributed by atoms with Gasteiger partial charge in [0.05, 0.1) is 5.52 Å². The molecule has 4 aromatic rings. The molecule has 3 heteroatoms. The summed E-state index contributed by atoms with van der Waals surface area (Å²) in [5.41, 5.74) is 5.33. The maximum absolute atomic E-state index is 6.12. The largest absolute Gasteiger partial charge is 0.407 e. The highest BCUT2D eigenvalue weighted by atomic mass is 16.7. The van der Waals surface area contributed by atoms with Crippen LogP contribution >= 0.6 is 0 Å². The first-order valence-electron chi connectivity index (χ1n) is 8.03. The lowest BCUT2D eigenvalue weighted by Crippen LogP contribution is -2.12. The van der Waals surface area contributed by atoms with Crippen molar-refractivity contribution in [1.29, 1.82) is 0 Å². The van der Waals surface area contributed by atoms with Gasteiger partial charge in [-0.1, -0.05) is 72.3 Å². The maximum Gasteiger partial charge on any atom is 0.176 e. The average Bonchev–Trinajstić information content (AvgIpc) is 3.01. The van der Waals surface area contributed by atoms with Crippen molar-refractivity contribution >= 4 is 11.0 Å². The molecule has 0 N–H and O–H groups in total. The zero-order chi connectivity index (χ0) is 16.4. The van der Waals surface area contributed by atoms with E-state index in [1.54, 1.807) is 0 Å². The Morgan fingerprint density at radius 3 is 2.33 bits per heavy atom. The highest BCUT2D eigenvalue weighted by molar-refractivity contribution is 5.80. The van der Waals surface area contributed by atoms with Gasteiger partial charge < -0.3 is 4.84 Å². The van der Waals surface area contributed by atoms with E-state index in [0.717, 1.165) is 28.0 Å². The SMILES string of the molecule is Cc1ccc(COn2c(-c3ccccc3)nc3ccccc32)cc1. The predicted molar refractivity (Wildman–Crippen MR) is 96.6 cm³/mol. The second-order valence-electron chi connectivity index (χ2n) is 5.84. The van der Waals surface area contributed by atoms with Gasteiger partial charge in [0, 0.05) is 5.56 Å². The summed E-state index contributed by atoms with van der Waals surface area (Å²) in [6.45, 7) is 2.59. The van der Waals surface area contributed by atoms with Crippen LogP contribution in [0.5, 0.6) is 0 Å². The minimum atomic E-state index is 0.500. The van der Waals surface area contributed by atoms with Crippen molar-refractivity contribution in [2.45, 2.75) is 13.5 Å². The minimum Gasteiger partial charge on any atom is -0.407 e. The van der Waals surface area contributed by atoms with Gasteiger partial charge in [-0.05, 0) is 24.6 Å². The van der Waals surface area contributed by atoms with E-state index in [9.17, 15) is 0 Å². The number of nitrogens with zero attached hydrogens (tertiary/aromatic N) is 2. The Morgan fingerprint density at radius 1 is 0.833 bits per heavy atom. The summed E-state index contributed by atoms with van der Waals surface area (Å²) in [5, 5.41) is 0. The van der Waals surface area contributed by atoms with Crippen molar-refractivity contribution in [2.24, 2.45) is 0 Å². The molecule has 0 aliphatic rings. The fourth-order valence-electron chi connectivity index (χ4n) is 2.73. The van der Waals surface area contributed by atoms with E-state index in [1.807, 2.05) is 59.3 Å². The van der Waals surface area contributed by atoms with Gasteiger partial charge in [-0.15, -0.1) is 0 Å². The lowest BCUT2D eigenvalue weighted by molar-refractivity contribution is 0.110. The van der Waals surface area contributed by atoms with Gasteiger partial charge in [0.15, 0.2) is 5.82 Å². The Labute approximate surface area is 141 Å². The number of para-hydroxylation sites is 2. The summed E-state index contributed by atoms with van der Waals surface area (Å²) in [6.07, 6.45) is 0. The molecular formula is C21H18N2O. The molecule has 0 amide bonds. The van der Waals surface area contributed by atoms with Crippen molar-refractivity contribution < 1.29 is 4.84 Å². The fraction of sp³-hybridized carbons (Fsp3) is 0.0952. The number of hydrogen-bond acceptors (Lipinski definition) is 2. The molecule has 0 saturated heterocycles. The number of rotatable bonds is 4. The molecule has 0 radical (unpaired) electrons. The molecule has 0 aliphatic heterocycles. The lowest BCUT2D eigenvalue weighted by Gasteiger charge is -2.11. The van der Waals surface area contributed by atoms with Crippen molar-refractivity contribution in [3.8, 4) is 11.4 Å². The van der Waals surface area contributed by atoms with E-state index in [4.69, 9.17) is 9.82 Å². The van der Waals surface area contributed by atoms with Crippen LogP contribution in [0.25, 0.3) is 22.4 Å². The van der Waals surface area contributed by atoms with Crippen LogP contribution in [0, 0.1) is 6.92 Å². The zero-order valence-corrected chi connectivity index (χ0v) is 13.5. The van der Waals surface area contributed by atoms with Crippen LogP contribution in [-0.4, -0.2) is 9.71 Å². The first-order chi connectivity index (χ1) is 11.8. The van der Waals surface area contributed by atoms with E-state index in [1.165, 1.54) is 5.56 Å². The summed E-state index contributed by atoms with van der Waals surface area (Å²) in [7, 11) is 0. The molecule has 0 aliphatic carbocycles. The summed E-state index contributed by atoms with van der Waals surface area (Å²) in [6, 6.07) is 26.6. The van der Waals surface area contributed by atoms with Crippen LogP contribution in [0.15, 0.2) is 78.9 Å². The molecule has 1 heterocycles.